The van der Waals surface area contributed by atoms with Gasteiger partial charge in [-0.05, 0) is 43.7 Å². The van der Waals surface area contributed by atoms with Crippen LogP contribution in [0.25, 0.3) is 10.9 Å². The number of aromatic amines is 1. The molecule has 8 nitrogen and oxygen atoms in total. The Morgan fingerprint density at radius 1 is 1.03 bits per heavy atom. The van der Waals surface area contributed by atoms with E-state index in [1.54, 1.807) is 56.3 Å². The predicted molar refractivity (Wildman–Crippen MR) is 138 cm³/mol. The lowest BCUT2D eigenvalue weighted by Gasteiger charge is -2.22. The first-order chi connectivity index (χ1) is 17.3. The number of methoxy groups -OCH3 is 1. The topological polar surface area (TPSA) is 127 Å². The number of aromatic nitrogens is 1. The average Bonchev–Trinajstić information content (AvgIpc) is 3.22. The fourth-order valence-electron chi connectivity index (χ4n) is 3.94. The van der Waals surface area contributed by atoms with Gasteiger partial charge in [-0.25, -0.2) is 14.6 Å². The second-order valence-electron chi connectivity index (χ2n) is 8.40. The summed E-state index contributed by atoms with van der Waals surface area (Å²) in [6.45, 7) is 3.57. The molecule has 3 aromatic carbocycles. The molecule has 36 heavy (non-hydrogen) atoms. The zero-order valence-electron chi connectivity index (χ0n) is 20.2. The van der Waals surface area contributed by atoms with E-state index in [0.29, 0.717) is 39.0 Å². The van der Waals surface area contributed by atoms with Crippen molar-refractivity contribution in [3.63, 3.8) is 0 Å². The van der Waals surface area contributed by atoms with Gasteiger partial charge in [0.1, 0.15) is 5.54 Å². The molecule has 8 heteroatoms. The van der Waals surface area contributed by atoms with Crippen molar-refractivity contribution in [1.29, 1.82) is 0 Å². The quantitative estimate of drug-likeness (QED) is 0.260. The standard InChI is InChI=1S/C28H27N3O5/c1-4-36-27(34)28(2,29)19-11-13-20(14-12-19)30-24(17-8-6-5-7-9-17)23-21-15-10-18(26(33)35-3)16-22(21)31-25(23)32/h5-16,31-32H,4,29H2,1-3H3. The first-order valence-electron chi connectivity index (χ1n) is 11.4. The van der Waals surface area contributed by atoms with Gasteiger partial charge < -0.3 is 25.3 Å². The van der Waals surface area contributed by atoms with E-state index < -0.39 is 17.5 Å². The summed E-state index contributed by atoms with van der Waals surface area (Å²) in [4.78, 5) is 32.0. The van der Waals surface area contributed by atoms with Gasteiger partial charge in [0.25, 0.3) is 0 Å². The van der Waals surface area contributed by atoms with E-state index in [1.807, 2.05) is 30.3 Å². The summed E-state index contributed by atoms with van der Waals surface area (Å²) < 4.78 is 9.90. The third-order valence-electron chi connectivity index (χ3n) is 5.89. The second kappa shape index (κ2) is 10.1. The van der Waals surface area contributed by atoms with Crippen LogP contribution in [0.5, 0.6) is 5.88 Å². The van der Waals surface area contributed by atoms with E-state index in [2.05, 4.69) is 4.98 Å². The first-order valence-corrected chi connectivity index (χ1v) is 11.4. The number of benzene rings is 3. The fraction of sp³-hybridized carbons (Fsp3) is 0.179. The SMILES string of the molecule is CCOC(=O)C(C)(N)c1ccc(N=C(c2ccccc2)c2c(O)[nH]c3cc(C(=O)OC)ccc23)cc1. The number of carbonyl (C=O) groups excluding carboxylic acids is 2. The van der Waals surface area contributed by atoms with Gasteiger partial charge in [0.05, 0.1) is 36.2 Å². The molecule has 0 amide bonds. The lowest BCUT2D eigenvalue weighted by Crippen LogP contribution is -2.43. The molecular weight excluding hydrogens is 458 g/mol. The summed E-state index contributed by atoms with van der Waals surface area (Å²) in [5.41, 5.74) is 8.85. The number of rotatable bonds is 7. The van der Waals surface area contributed by atoms with Gasteiger partial charge >= 0.3 is 11.9 Å². The Hall–Kier alpha value is -4.43. The summed E-state index contributed by atoms with van der Waals surface area (Å²) in [6, 6.07) is 21.4. The van der Waals surface area contributed by atoms with Crippen LogP contribution in [0.2, 0.25) is 0 Å². The molecule has 0 fully saturated rings. The van der Waals surface area contributed by atoms with E-state index >= 15 is 0 Å². The van der Waals surface area contributed by atoms with Crippen LogP contribution in [-0.4, -0.2) is 41.5 Å². The molecule has 0 aliphatic carbocycles. The molecule has 1 aromatic heterocycles. The maximum absolute atomic E-state index is 12.3. The second-order valence-corrected chi connectivity index (χ2v) is 8.40. The third kappa shape index (κ3) is 4.71. The molecule has 0 saturated carbocycles. The lowest BCUT2D eigenvalue weighted by atomic mass is 9.93. The maximum atomic E-state index is 12.3. The monoisotopic (exact) mass is 485 g/mol. The lowest BCUT2D eigenvalue weighted by molar-refractivity contribution is -0.149. The number of fused-ring (bicyclic) bond motifs is 1. The van der Waals surface area contributed by atoms with Gasteiger partial charge in [0.2, 0.25) is 0 Å². The number of hydrogen-bond donors (Lipinski definition) is 3. The van der Waals surface area contributed by atoms with Crippen LogP contribution in [0.1, 0.15) is 40.9 Å². The molecule has 1 atom stereocenters. The zero-order chi connectivity index (χ0) is 25.9. The van der Waals surface area contributed by atoms with Crippen molar-refractivity contribution >= 4 is 34.2 Å². The van der Waals surface area contributed by atoms with Crippen molar-refractivity contribution < 1.29 is 24.2 Å². The van der Waals surface area contributed by atoms with Crippen LogP contribution in [0.15, 0.2) is 77.8 Å². The molecule has 1 unspecified atom stereocenters. The Balaban J connectivity index is 1.82. The summed E-state index contributed by atoms with van der Waals surface area (Å²) in [6.07, 6.45) is 0. The highest BCUT2D eigenvalue weighted by Gasteiger charge is 2.32. The van der Waals surface area contributed by atoms with Gasteiger partial charge in [-0.2, -0.15) is 0 Å². The van der Waals surface area contributed by atoms with E-state index in [4.69, 9.17) is 20.2 Å². The molecule has 0 radical (unpaired) electrons. The van der Waals surface area contributed by atoms with Crippen molar-refractivity contribution in [2.24, 2.45) is 10.7 Å². The van der Waals surface area contributed by atoms with E-state index in [-0.39, 0.29) is 12.5 Å². The van der Waals surface area contributed by atoms with Gasteiger partial charge in [-0.15, -0.1) is 0 Å². The van der Waals surface area contributed by atoms with Crippen LogP contribution in [-0.2, 0) is 19.8 Å². The Labute approximate surface area is 208 Å². The highest BCUT2D eigenvalue weighted by molar-refractivity contribution is 6.22. The smallest absolute Gasteiger partial charge is 0.337 e. The largest absolute Gasteiger partial charge is 0.494 e. The fourth-order valence-corrected chi connectivity index (χ4v) is 3.94. The zero-order valence-corrected chi connectivity index (χ0v) is 20.2. The number of ether oxygens (including phenoxy) is 2. The number of aromatic hydroxyl groups is 1. The number of nitrogens with one attached hydrogen (secondary N) is 1. The van der Waals surface area contributed by atoms with Crippen LogP contribution >= 0.6 is 0 Å². The summed E-state index contributed by atoms with van der Waals surface area (Å²) in [5.74, 6) is -1.07. The number of nitrogens with two attached hydrogens (primary N) is 1. The molecule has 0 bridgehead atoms. The molecule has 0 aliphatic rings. The van der Waals surface area contributed by atoms with Crippen molar-refractivity contribution in [3.8, 4) is 5.88 Å². The molecule has 184 valence electrons. The van der Waals surface area contributed by atoms with E-state index in [0.717, 1.165) is 5.56 Å². The number of hydrogen-bond acceptors (Lipinski definition) is 7. The Kier molecular flexibility index (Phi) is 6.89. The van der Waals surface area contributed by atoms with E-state index in [9.17, 15) is 14.7 Å². The molecule has 0 saturated heterocycles. The highest BCUT2D eigenvalue weighted by atomic mass is 16.5. The van der Waals surface area contributed by atoms with Crippen molar-refractivity contribution in [2.45, 2.75) is 19.4 Å². The van der Waals surface area contributed by atoms with Crippen molar-refractivity contribution in [1.82, 2.24) is 4.98 Å². The Morgan fingerprint density at radius 3 is 2.36 bits per heavy atom. The number of H-pyrrole nitrogens is 1. The normalized spacial score (nSPS) is 13.3. The first kappa shape index (κ1) is 24.7. The summed E-state index contributed by atoms with van der Waals surface area (Å²) >= 11 is 0. The number of esters is 2. The number of carbonyl (C=O) groups is 2. The molecule has 4 N–H and O–H groups in total. The average molecular weight is 486 g/mol. The van der Waals surface area contributed by atoms with Crippen LogP contribution in [0.4, 0.5) is 5.69 Å². The molecule has 4 aromatic rings. The van der Waals surface area contributed by atoms with Crippen molar-refractivity contribution in [3.05, 3.63) is 95.1 Å². The molecule has 1 heterocycles. The minimum absolute atomic E-state index is 0.0805. The molecule has 4 rings (SSSR count). The number of nitrogens with zero attached hydrogens (tertiary/aromatic N) is 1. The minimum Gasteiger partial charge on any atom is -0.494 e. The Morgan fingerprint density at radius 2 is 1.72 bits per heavy atom. The van der Waals surface area contributed by atoms with Crippen LogP contribution in [0, 0.1) is 0 Å². The third-order valence-corrected chi connectivity index (χ3v) is 5.89. The highest BCUT2D eigenvalue weighted by Crippen LogP contribution is 2.32. The van der Waals surface area contributed by atoms with Gasteiger partial charge in [0, 0.05) is 16.5 Å². The van der Waals surface area contributed by atoms with Gasteiger partial charge in [-0.3, -0.25) is 0 Å². The molecule has 0 spiro atoms. The van der Waals surface area contributed by atoms with Crippen LogP contribution in [0.3, 0.4) is 0 Å². The van der Waals surface area contributed by atoms with Gasteiger partial charge in [-0.1, -0.05) is 48.5 Å². The minimum atomic E-state index is -1.30. The Bertz CT molecular complexity index is 1440. The predicted octanol–water partition coefficient (Wildman–Crippen LogP) is 4.57. The van der Waals surface area contributed by atoms with Crippen LogP contribution < -0.4 is 5.73 Å². The summed E-state index contributed by atoms with van der Waals surface area (Å²) in [5, 5.41) is 11.6. The number of aliphatic imine (C=N–C) groups is 1. The van der Waals surface area contributed by atoms with E-state index in [1.165, 1.54) is 7.11 Å². The maximum Gasteiger partial charge on any atom is 0.337 e. The summed E-state index contributed by atoms with van der Waals surface area (Å²) in [7, 11) is 1.32. The molecule has 0 aliphatic heterocycles. The van der Waals surface area contributed by atoms with Gasteiger partial charge in [0.15, 0.2) is 5.88 Å². The van der Waals surface area contributed by atoms with Crippen molar-refractivity contribution in [2.75, 3.05) is 13.7 Å². The molecular formula is C28H27N3O5.